The Labute approximate surface area is 109 Å². The molecule has 3 N–H and O–H groups in total. The fourth-order valence-corrected chi connectivity index (χ4v) is 1.59. The zero-order valence-corrected chi connectivity index (χ0v) is 11.4. The molecule has 0 saturated heterocycles. The lowest BCUT2D eigenvalue weighted by Crippen LogP contribution is -2.44. The largest absolute Gasteiger partial charge is 0.497 e. The van der Waals surface area contributed by atoms with Crippen molar-refractivity contribution in [1.29, 1.82) is 0 Å². The maximum absolute atomic E-state index is 11.8. The van der Waals surface area contributed by atoms with Crippen LogP contribution in [-0.4, -0.2) is 19.1 Å². The average Bonchev–Trinajstić information content (AvgIpc) is 2.37. The van der Waals surface area contributed by atoms with Gasteiger partial charge >= 0.3 is 0 Å². The molecule has 0 unspecified atom stereocenters. The van der Waals surface area contributed by atoms with Gasteiger partial charge in [-0.25, -0.2) is 0 Å². The molecule has 0 bridgehead atoms. The molecule has 18 heavy (non-hydrogen) atoms. The number of hydrogen-bond donors (Lipinski definition) is 2. The van der Waals surface area contributed by atoms with E-state index in [2.05, 4.69) is 5.32 Å². The maximum atomic E-state index is 11.8. The van der Waals surface area contributed by atoms with E-state index in [1.54, 1.807) is 7.11 Å². The molecule has 1 aromatic carbocycles. The first kappa shape index (κ1) is 14.5. The van der Waals surface area contributed by atoms with Gasteiger partial charge in [0, 0.05) is 0 Å². The predicted octanol–water partition coefficient (Wildman–Crippen LogP) is 1.86. The molecule has 0 fully saturated rings. The highest BCUT2D eigenvalue weighted by Crippen LogP contribution is 2.17. The second-order valence-electron chi connectivity index (χ2n) is 4.77. The molecule has 100 valence electrons. The second-order valence-corrected chi connectivity index (χ2v) is 4.77. The molecule has 0 spiro atoms. The number of carbonyl (C=O) groups is 1. The molecule has 0 heterocycles. The molecule has 0 aliphatic carbocycles. The molecule has 1 amide bonds. The van der Waals surface area contributed by atoms with Crippen LogP contribution < -0.4 is 15.8 Å². The minimum atomic E-state index is -0.467. The Hall–Kier alpha value is -1.55. The van der Waals surface area contributed by atoms with Crippen molar-refractivity contribution in [3.05, 3.63) is 29.8 Å². The van der Waals surface area contributed by atoms with Gasteiger partial charge in [-0.3, -0.25) is 4.79 Å². The molecular formula is C14H22N2O2. The number of amides is 1. The molecule has 0 aliphatic heterocycles. The van der Waals surface area contributed by atoms with Crippen molar-refractivity contribution in [3.8, 4) is 5.75 Å². The maximum Gasteiger partial charge on any atom is 0.237 e. The van der Waals surface area contributed by atoms with Gasteiger partial charge in [-0.15, -0.1) is 0 Å². The monoisotopic (exact) mass is 250 g/mol. The van der Waals surface area contributed by atoms with Crippen molar-refractivity contribution in [2.75, 3.05) is 7.11 Å². The van der Waals surface area contributed by atoms with E-state index >= 15 is 0 Å². The van der Waals surface area contributed by atoms with Crippen LogP contribution in [0.3, 0.4) is 0 Å². The summed E-state index contributed by atoms with van der Waals surface area (Å²) < 4.78 is 5.09. The van der Waals surface area contributed by atoms with E-state index in [4.69, 9.17) is 10.5 Å². The summed E-state index contributed by atoms with van der Waals surface area (Å²) in [7, 11) is 1.63. The van der Waals surface area contributed by atoms with Crippen LogP contribution in [0.15, 0.2) is 24.3 Å². The predicted molar refractivity (Wildman–Crippen MR) is 72.4 cm³/mol. The van der Waals surface area contributed by atoms with Crippen LogP contribution in [0.5, 0.6) is 5.75 Å². The number of nitrogens with two attached hydrogens (primary N) is 1. The number of hydrogen-bond acceptors (Lipinski definition) is 3. The molecule has 0 aliphatic rings. The second kappa shape index (κ2) is 6.40. The molecule has 1 rings (SSSR count). The van der Waals surface area contributed by atoms with E-state index in [1.165, 1.54) is 0 Å². The van der Waals surface area contributed by atoms with E-state index in [1.807, 2.05) is 45.0 Å². The zero-order valence-electron chi connectivity index (χ0n) is 11.4. The lowest BCUT2D eigenvalue weighted by molar-refractivity contribution is -0.123. The number of benzene rings is 1. The van der Waals surface area contributed by atoms with E-state index in [9.17, 15) is 4.79 Å². The lowest BCUT2D eigenvalue weighted by atomic mass is 10.0. The van der Waals surface area contributed by atoms with E-state index in [0.717, 1.165) is 11.3 Å². The number of rotatable bonds is 5. The SMILES string of the molecule is COc1ccc([C@H](C)NC(=O)[C@H](N)C(C)C)cc1. The Morgan fingerprint density at radius 1 is 1.22 bits per heavy atom. The van der Waals surface area contributed by atoms with E-state index in [0.29, 0.717) is 0 Å². The van der Waals surface area contributed by atoms with Gasteiger partial charge < -0.3 is 15.8 Å². The van der Waals surface area contributed by atoms with Crippen molar-refractivity contribution >= 4 is 5.91 Å². The van der Waals surface area contributed by atoms with Crippen LogP contribution in [-0.2, 0) is 4.79 Å². The minimum Gasteiger partial charge on any atom is -0.497 e. The van der Waals surface area contributed by atoms with Gasteiger partial charge in [0.25, 0.3) is 0 Å². The van der Waals surface area contributed by atoms with Gasteiger partial charge in [0.15, 0.2) is 0 Å². The summed E-state index contributed by atoms with van der Waals surface area (Å²) in [5.41, 5.74) is 6.83. The molecule has 4 nitrogen and oxygen atoms in total. The summed E-state index contributed by atoms with van der Waals surface area (Å²) in [6, 6.07) is 7.09. The summed E-state index contributed by atoms with van der Waals surface area (Å²) >= 11 is 0. The molecule has 0 saturated carbocycles. The number of nitrogens with one attached hydrogen (secondary N) is 1. The number of carbonyl (C=O) groups excluding carboxylic acids is 1. The van der Waals surface area contributed by atoms with Crippen molar-refractivity contribution in [1.82, 2.24) is 5.32 Å². The van der Waals surface area contributed by atoms with Gasteiger partial charge in [-0.05, 0) is 30.5 Å². The van der Waals surface area contributed by atoms with Crippen molar-refractivity contribution < 1.29 is 9.53 Å². The fraction of sp³-hybridized carbons (Fsp3) is 0.500. The summed E-state index contributed by atoms with van der Waals surface area (Å²) in [6.07, 6.45) is 0. The summed E-state index contributed by atoms with van der Waals surface area (Å²) in [6.45, 7) is 5.80. The van der Waals surface area contributed by atoms with E-state index < -0.39 is 6.04 Å². The summed E-state index contributed by atoms with van der Waals surface area (Å²) in [5.74, 6) is 0.817. The van der Waals surface area contributed by atoms with Crippen molar-refractivity contribution in [2.45, 2.75) is 32.9 Å². The molecule has 0 radical (unpaired) electrons. The van der Waals surface area contributed by atoms with Crippen molar-refractivity contribution in [3.63, 3.8) is 0 Å². The van der Waals surface area contributed by atoms with Crippen LogP contribution in [0, 0.1) is 5.92 Å². The smallest absolute Gasteiger partial charge is 0.237 e. The standard InChI is InChI=1S/C14H22N2O2/c1-9(2)13(15)14(17)16-10(3)11-5-7-12(18-4)8-6-11/h5-10,13H,15H2,1-4H3,(H,16,17)/t10-,13+/m0/s1. The van der Waals surface area contributed by atoms with Gasteiger partial charge in [0.1, 0.15) is 5.75 Å². The van der Waals surface area contributed by atoms with Crippen LogP contribution in [0.4, 0.5) is 0 Å². The van der Waals surface area contributed by atoms with Crippen molar-refractivity contribution in [2.24, 2.45) is 11.7 Å². The first-order valence-corrected chi connectivity index (χ1v) is 6.15. The van der Waals surface area contributed by atoms with Gasteiger partial charge in [0.05, 0.1) is 19.2 Å². The van der Waals surface area contributed by atoms with Gasteiger partial charge in [-0.2, -0.15) is 0 Å². The quantitative estimate of drug-likeness (QED) is 0.838. The molecule has 4 heteroatoms. The Balaban J connectivity index is 2.64. The third kappa shape index (κ3) is 3.74. The highest BCUT2D eigenvalue weighted by atomic mass is 16.5. The Bertz CT molecular complexity index is 387. The molecule has 0 aromatic heterocycles. The zero-order chi connectivity index (χ0) is 13.7. The third-order valence-corrected chi connectivity index (χ3v) is 3.00. The minimum absolute atomic E-state index is 0.0618. The van der Waals surface area contributed by atoms with Gasteiger partial charge in [-0.1, -0.05) is 26.0 Å². The molecular weight excluding hydrogens is 228 g/mol. The number of methoxy groups -OCH3 is 1. The Morgan fingerprint density at radius 2 is 1.78 bits per heavy atom. The topological polar surface area (TPSA) is 64.3 Å². The van der Waals surface area contributed by atoms with Crippen LogP contribution in [0.2, 0.25) is 0 Å². The lowest BCUT2D eigenvalue weighted by Gasteiger charge is -2.20. The average molecular weight is 250 g/mol. The van der Waals surface area contributed by atoms with Crippen LogP contribution >= 0.6 is 0 Å². The van der Waals surface area contributed by atoms with Crippen LogP contribution in [0.25, 0.3) is 0 Å². The summed E-state index contributed by atoms with van der Waals surface area (Å²) in [5, 5.41) is 2.91. The first-order chi connectivity index (χ1) is 8.45. The Morgan fingerprint density at radius 3 is 2.22 bits per heavy atom. The Kier molecular flexibility index (Phi) is 5.16. The summed E-state index contributed by atoms with van der Waals surface area (Å²) in [4.78, 5) is 11.8. The van der Waals surface area contributed by atoms with E-state index in [-0.39, 0.29) is 17.9 Å². The molecule has 2 atom stereocenters. The highest BCUT2D eigenvalue weighted by molar-refractivity contribution is 5.82. The fourth-order valence-electron chi connectivity index (χ4n) is 1.59. The van der Waals surface area contributed by atoms with Gasteiger partial charge in [0.2, 0.25) is 5.91 Å². The normalized spacial score (nSPS) is 14.1. The highest BCUT2D eigenvalue weighted by Gasteiger charge is 2.19. The number of ether oxygens (including phenoxy) is 1. The third-order valence-electron chi connectivity index (χ3n) is 3.00. The van der Waals surface area contributed by atoms with Crippen LogP contribution in [0.1, 0.15) is 32.4 Å². The first-order valence-electron chi connectivity index (χ1n) is 6.15. The molecule has 1 aromatic rings.